The summed E-state index contributed by atoms with van der Waals surface area (Å²) in [6, 6.07) is 4.72. The fraction of sp³-hybridized carbons (Fsp3) is 0.500. The third kappa shape index (κ3) is 3.51. The lowest BCUT2D eigenvalue weighted by molar-refractivity contribution is 0.0323. The number of ether oxygens (including phenoxy) is 2. The summed E-state index contributed by atoms with van der Waals surface area (Å²) in [5, 5.41) is 9.32. The molecule has 94 valence electrons. The lowest BCUT2D eigenvalue weighted by atomic mass is 10.3. The molecule has 0 radical (unpaired) electrons. The minimum Gasteiger partial charge on any atom is -0.508 e. The van der Waals surface area contributed by atoms with E-state index in [1.165, 1.54) is 6.07 Å². The number of hydrogen-bond acceptors (Lipinski definition) is 5. The fourth-order valence-electron chi connectivity index (χ4n) is 1.76. The van der Waals surface area contributed by atoms with E-state index in [9.17, 15) is 5.11 Å². The first kappa shape index (κ1) is 12.0. The molecule has 2 rings (SSSR count). The average Bonchev–Trinajstić information content (AvgIpc) is 2.35. The van der Waals surface area contributed by atoms with Gasteiger partial charge in [-0.2, -0.15) is 0 Å². The van der Waals surface area contributed by atoms with Crippen molar-refractivity contribution in [2.24, 2.45) is 0 Å². The van der Waals surface area contributed by atoms with Gasteiger partial charge < -0.3 is 20.3 Å². The van der Waals surface area contributed by atoms with Gasteiger partial charge >= 0.3 is 0 Å². The van der Waals surface area contributed by atoms with Gasteiger partial charge in [-0.3, -0.25) is 4.90 Å². The van der Waals surface area contributed by atoms with E-state index in [4.69, 9.17) is 15.2 Å². The molecule has 0 spiro atoms. The van der Waals surface area contributed by atoms with Crippen molar-refractivity contribution in [3.05, 3.63) is 18.2 Å². The predicted octanol–water partition coefficient (Wildman–Crippen LogP) is 0.685. The minimum absolute atomic E-state index is 0.167. The van der Waals surface area contributed by atoms with Crippen molar-refractivity contribution in [3.63, 3.8) is 0 Å². The Bertz CT molecular complexity index is 365. The molecule has 1 aromatic carbocycles. The highest BCUT2D eigenvalue weighted by Crippen LogP contribution is 2.25. The smallest absolute Gasteiger partial charge is 0.145 e. The topological polar surface area (TPSA) is 68.0 Å². The molecule has 0 aliphatic carbocycles. The largest absolute Gasteiger partial charge is 0.508 e. The van der Waals surface area contributed by atoms with Crippen molar-refractivity contribution in [2.45, 2.75) is 0 Å². The number of morpholine rings is 1. The van der Waals surface area contributed by atoms with Crippen molar-refractivity contribution >= 4 is 5.69 Å². The van der Waals surface area contributed by atoms with Crippen LogP contribution in [0.15, 0.2) is 18.2 Å². The molecule has 0 unspecified atom stereocenters. The van der Waals surface area contributed by atoms with E-state index in [2.05, 4.69) is 4.90 Å². The molecule has 0 bridgehead atoms. The van der Waals surface area contributed by atoms with Crippen molar-refractivity contribution in [3.8, 4) is 11.5 Å². The van der Waals surface area contributed by atoms with Crippen LogP contribution in [0.2, 0.25) is 0 Å². The Hall–Kier alpha value is -1.46. The van der Waals surface area contributed by atoms with Gasteiger partial charge in [-0.05, 0) is 12.1 Å². The quantitative estimate of drug-likeness (QED) is 0.596. The summed E-state index contributed by atoms with van der Waals surface area (Å²) in [5.74, 6) is 0.707. The normalized spacial score (nSPS) is 16.9. The summed E-state index contributed by atoms with van der Waals surface area (Å²) >= 11 is 0. The number of phenolic OH excluding ortho intramolecular Hbond substituents is 1. The number of anilines is 1. The number of rotatable bonds is 4. The molecule has 1 heterocycles. The van der Waals surface area contributed by atoms with Crippen LogP contribution in [-0.4, -0.2) is 49.5 Å². The Morgan fingerprint density at radius 3 is 2.88 bits per heavy atom. The number of benzene rings is 1. The molecular formula is C12H18N2O3. The van der Waals surface area contributed by atoms with Gasteiger partial charge in [0.1, 0.15) is 18.1 Å². The summed E-state index contributed by atoms with van der Waals surface area (Å²) < 4.78 is 10.8. The maximum atomic E-state index is 9.32. The summed E-state index contributed by atoms with van der Waals surface area (Å²) in [5.41, 5.74) is 6.29. The first-order valence-electron chi connectivity index (χ1n) is 5.77. The second kappa shape index (κ2) is 5.75. The monoisotopic (exact) mass is 238 g/mol. The lowest BCUT2D eigenvalue weighted by Gasteiger charge is -2.26. The minimum atomic E-state index is 0.167. The average molecular weight is 238 g/mol. The van der Waals surface area contributed by atoms with E-state index < -0.39 is 0 Å². The Labute approximate surface area is 101 Å². The molecular weight excluding hydrogens is 220 g/mol. The molecule has 3 N–H and O–H groups in total. The molecule has 1 aliphatic rings. The zero-order valence-electron chi connectivity index (χ0n) is 9.76. The van der Waals surface area contributed by atoms with E-state index in [-0.39, 0.29) is 5.75 Å². The van der Waals surface area contributed by atoms with Gasteiger partial charge in [0.2, 0.25) is 0 Å². The van der Waals surface area contributed by atoms with Crippen LogP contribution in [0.3, 0.4) is 0 Å². The van der Waals surface area contributed by atoms with Crippen LogP contribution in [0.25, 0.3) is 0 Å². The third-order valence-electron chi connectivity index (χ3n) is 2.77. The van der Waals surface area contributed by atoms with Crippen LogP contribution >= 0.6 is 0 Å². The zero-order chi connectivity index (χ0) is 12.1. The molecule has 5 heteroatoms. The first-order chi connectivity index (χ1) is 8.25. The van der Waals surface area contributed by atoms with Crippen LogP contribution in [-0.2, 0) is 4.74 Å². The number of phenols is 1. The number of hydrogen-bond donors (Lipinski definition) is 2. The summed E-state index contributed by atoms with van der Waals surface area (Å²) in [6.45, 7) is 4.87. The molecule has 5 nitrogen and oxygen atoms in total. The van der Waals surface area contributed by atoms with Gasteiger partial charge in [0.05, 0.1) is 18.9 Å². The number of nitrogen functional groups attached to an aromatic ring is 1. The van der Waals surface area contributed by atoms with E-state index >= 15 is 0 Å². The molecule has 1 aliphatic heterocycles. The molecule has 0 amide bonds. The van der Waals surface area contributed by atoms with Gasteiger partial charge in [0.15, 0.2) is 0 Å². The lowest BCUT2D eigenvalue weighted by Crippen LogP contribution is -2.38. The Balaban J connectivity index is 1.79. The highest BCUT2D eigenvalue weighted by atomic mass is 16.5. The zero-order valence-corrected chi connectivity index (χ0v) is 9.76. The molecule has 1 fully saturated rings. The van der Waals surface area contributed by atoms with E-state index in [1.54, 1.807) is 12.1 Å². The number of aromatic hydroxyl groups is 1. The maximum absolute atomic E-state index is 9.32. The Morgan fingerprint density at radius 1 is 1.35 bits per heavy atom. The molecule has 1 saturated heterocycles. The van der Waals surface area contributed by atoms with Crippen LogP contribution in [0, 0.1) is 0 Å². The fourth-order valence-corrected chi connectivity index (χ4v) is 1.76. The molecule has 1 aromatic rings. The number of nitrogens with zero attached hydrogens (tertiary/aromatic N) is 1. The van der Waals surface area contributed by atoms with Crippen LogP contribution in [0.4, 0.5) is 5.69 Å². The molecule has 0 atom stereocenters. The van der Waals surface area contributed by atoms with Gasteiger partial charge in [0, 0.05) is 25.7 Å². The standard InChI is InChI=1S/C12H18N2O3/c13-11-2-1-10(15)9-12(11)17-8-5-14-3-6-16-7-4-14/h1-2,9,15H,3-8,13H2. The Morgan fingerprint density at radius 2 is 2.12 bits per heavy atom. The Kier molecular flexibility index (Phi) is 4.06. The highest BCUT2D eigenvalue weighted by Gasteiger charge is 2.10. The van der Waals surface area contributed by atoms with Crippen molar-refractivity contribution < 1.29 is 14.6 Å². The summed E-state index contributed by atoms with van der Waals surface area (Å²) in [6.07, 6.45) is 0. The molecule has 0 aromatic heterocycles. The van der Waals surface area contributed by atoms with E-state index in [0.717, 1.165) is 32.8 Å². The SMILES string of the molecule is Nc1ccc(O)cc1OCCN1CCOCC1. The van der Waals surface area contributed by atoms with Gasteiger partial charge in [0.25, 0.3) is 0 Å². The highest BCUT2D eigenvalue weighted by molar-refractivity contribution is 5.55. The molecule has 17 heavy (non-hydrogen) atoms. The van der Waals surface area contributed by atoms with Gasteiger partial charge in [-0.1, -0.05) is 0 Å². The van der Waals surface area contributed by atoms with Crippen LogP contribution < -0.4 is 10.5 Å². The van der Waals surface area contributed by atoms with Gasteiger partial charge in [-0.25, -0.2) is 0 Å². The second-order valence-electron chi connectivity index (χ2n) is 4.02. The third-order valence-corrected chi connectivity index (χ3v) is 2.77. The van der Waals surface area contributed by atoms with E-state index in [1.807, 2.05) is 0 Å². The summed E-state index contributed by atoms with van der Waals surface area (Å²) in [4.78, 5) is 2.28. The van der Waals surface area contributed by atoms with Crippen molar-refractivity contribution in [1.29, 1.82) is 0 Å². The first-order valence-corrected chi connectivity index (χ1v) is 5.77. The maximum Gasteiger partial charge on any atom is 0.145 e. The van der Waals surface area contributed by atoms with Crippen LogP contribution in [0.1, 0.15) is 0 Å². The number of nitrogens with two attached hydrogens (primary N) is 1. The predicted molar refractivity (Wildman–Crippen MR) is 65.3 cm³/mol. The van der Waals surface area contributed by atoms with Crippen molar-refractivity contribution in [2.75, 3.05) is 45.2 Å². The van der Waals surface area contributed by atoms with Crippen LogP contribution in [0.5, 0.6) is 11.5 Å². The van der Waals surface area contributed by atoms with E-state index in [0.29, 0.717) is 18.0 Å². The van der Waals surface area contributed by atoms with Crippen molar-refractivity contribution in [1.82, 2.24) is 4.90 Å². The van der Waals surface area contributed by atoms with Gasteiger partial charge in [-0.15, -0.1) is 0 Å². The summed E-state index contributed by atoms with van der Waals surface area (Å²) in [7, 11) is 0. The second-order valence-corrected chi connectivity index (χ2v) is 4.02. The molecule has 0 saturated carbocycles.